The Kier molecular flexibility index (Phi) is 4.20. The van der Waals surface area contributed by atoms with E-state index in [0.29, 0.717) is 18.0 Å². The lowest BCUT2D eigenvalue weighted by Crippen LogP contribution is -2.22. The summed E-state index contributed by atoms with van der Waals surface area (Å²) in [5, 5.41) is 4.22. The third-order valence-electron chi connectivity index (χ3n) is 3.25. The van der Waals surface area contributed by atoms with E-state index in [4.69, 9.17) is 14.0 Å². The molecule has 1 unspecified atom stereocenters. The van der Waals surface area contributed by atoms with E-state index < -0.39 is 21.8 Å². The van der Waals surface area contributed by atoms with Gasteiger partial charge in [0, 0.05) is 5.69 Å². The molecule has 0 aromatic heterocycles. The Labute approximate surface area is 132 Å². The number of amides is 1. The van der Waals surface area contributed by atoms with E-state index in [9.17, 15) is 13.2 Å². The van der Waals surface area contributed by atoms with Crippen LogP contribution in [0.4, 0.5) is 5.69 Å². The van der Waals surface area contributed by atoms with Crippen LogP contribution in [0.3, 0.4) is 0 Å². The summed E-state index contributed by atoms with van der Waals surface area (Å²) in [7, 11) is -4.35. The zero-order valence-corrected chi connectivity index (χ0v) is 12.9. The van der Waals surface area contributed by atoms with Crippen molar-refractivity contribution in [1.29, 1.82) is 0 Å². The van der Waals surface area contributed by atoms with Gasteiger partial charge in [-0.05, 0) is 35.0 Å². The Morgan fingerprint density at radius 2 is 2.00 bits per heavy atom. The molecule has 2 N–H and O–H groups in total. The Hall–Kier alpha value is -2.16. The van der Waals surface area contributed by atoms with Crippen molar-refractivity contribution in [3.8, 4) is 5.75 Å². The van der Waals surface area contributed by atoms with Crippen molar-refractivity contribution in [3.63, 3.8) is 0 Å². The molecule has 1 heterocycles. The molecule has 1 aliphatic heterocycles. The summed E-state index contributed by atoms with van der Waals surface area (Å²) in [6.07, 6.45) is 0.164. The summed E-state index contributed by atoms with van der Waals surface area (Å²) in [5.41, 5.74) is 0.439. The Bertz CT molecular complexity index is 844. The normalized spacial score (nSPS) is 17.0. The standard InChI is InChI=1S/C15H15NO6S/c17-15(9-23(18,19)20)16-12-3-1-10-2-4-13(6-11(10)5-12)21-7-14-8-22-14/h1-6,14H,7-9H2,(H,16,17)(H,18,19,20). The molecule has 23 heavy (non-hydrogen) atoms. The highest BCUT2D eigenvalue weighted by molar-refractivity contribution is 7.86. The first-order valence-electron chi connectivity index (χ1n) is 6.92. The lowest BCUT2D eigenvalue weighted by atomic mass is 10.1. The number of carbonyl (C=O) groups excluding carboxylic acids is 1. The molecule has 1 amide bonds. The van der Waals surface area contributed by atoms with E-state index in [1.54, 1.807) is 18.2 Å². The van der Waals surface area contributed by atoms with Crippen molar-refractivity contribution in [2.75, 3.05) is 24.3 Å². The Balaban J connectivity index is 1.74. The van der Waals surface area contributed by atoms with Crippen molar-refractivity contribution in [2.24, 2.45) is 0 Å². The number of epoxide rings is 1. The number of hydrogen-bond acceptors (Lipinski definition) is 5. The van der Waals surface area contributed by atoms with Crippen LogP contribution in [0.15, 0.2) is 36.4 Å². The highest BCUT2D eigenvalue weighted by atomic mass is 32.2. The minimum Gasteiger partial charge on any atom is -0.491 e. The van der Waals surface area contributed by atoms with Crippen LogP contribution in [0.25, 0.3) is 10.8 Å². The first kappa shape index (κ1) is 15.7. The van der Waals surface area contributed by atoms with Gasteiger partial charge in [-0.2, -0.15) is 8.42 Å². The largest absolute Gasteiger partial charge is 0.491 e. The first-order valence-corrected chi connectivity index (χ1v) is 8.53. The van der Waals surface area contributed by atoms with Gasteiger partial charge in [0.15, 0.2) is 5.75 Å². The SMILES string of the molecule is O=C(CS(=O)(=O)O)Nc1ccc2ccc(OCC3CO3)cc2c1. The monoisotopic (exact) mass is 337 g/mol. The van der Waals surface area contributed by atoms with E-state index in [1.165, 1.54) is 0 Å². The average molecular weight is 337 g/mol. The summed E-state index contributed by atoms with van der Waals surface area (Å²) >= 11 is 0. The molecular weight excluding hydrogens is 322 g/mol. The fraction of sp³-hybridized carbons (Fsp3) is 0.267. The van der Waals surface area contributed by atoms with E-state index in [0.717, 1.165) is 17.4 Å². The maximum absolute atomic E-state index is 11.5. The summed E-state index contributed by atoms with van der Waals surface area (Å²) in [6.45, 7) is 1.22. The fourth-order valence-corrected chi connectivity index (χ4v) is 2.51. The van der Waals surface area contributed by atoms with Gasteiger partial charge >= 0.3 is 0 Å². The van der Waals surface area contributed by atoms with Crippen molar-refractivity contribution in [2.45, 2.75) is 6.10 Å². The summed E-state index contributed by atoms with van der Waals surface area (Å²) in [5.74, 6) is -1.09. The molecular formula is C15H15NO6S. The second-order valence-electron chi connectivity index (χ2n) is 5.26. The van der Waals surface area contributed by atoms with Crippen LogP contribution in [-0.4, -0.2) is 43.9 Å². The highest BCUT2D eigenvalue weighted by Crippen LogP contribution is 2.25. The number of hydrogen-bond donors (Lipinski definition) is 2. The number of carbonyl (C=O) groups is 1. The summed E-state index contributed by atoms with van der Waals surface area (Å²) in [6, 6.07) is 10.7. The van der Waals surface area contributed by atoms with E-state index in [1.807, 2.05) is 18.2 Å². The second kappa shape index (κ2) is 6.15. The number of nitrogens with one attached hydrogen (secondary N) is 1. The van der Waals surface area contributed by atoms with Crippen molar-refractivity contribution >= 4 is 32.5 Å². The molecule has 7 nitrogen and oxygen atoms in total. The van der Waals surface area contributed by atoms with E-state index in [-0.39, 0.29) is 6.10 Å². The summed E-state index contributed by atoms with van der Waals surface area (Å²) in [4.78, 5) is 11.5. The lowest BCUT2D eigenvalue weighted by molar-refractivity contribution is -0.113. The van der Waals surface area contributed by atoms with Gasteiger partial charge in [-0.15, -0.1) is 0 Å². The molecule has 0 aliphatic carbocycles. The third-order valence-corrected chi connectivity index (χ3v) is 3.87. The number of rotatable bonds is 6. The van der Waals surface area contributed by atoms with Crippen LogP contribution in [-0.2, 0) is 19.6 Å². The molecule has 2 aromatic rings. The van der Waals surface area contributed by atoms with Gasteiger partial charge in [0.25, 0.3) is 10.1 Å². The zero-order chi connectivity index (χ0) is 16.4. The molecule has 1 aliphatic rings. The molecule has 2 aromatic carbocycles. The van der Waals surface area contributed by atoms with E-state index in [2.05, 4.69) is 5.32 Å². The Morgan fingerprint density at radius 3 is 2.70 bits per heavy atom. The predicted octanol–water partition coefficient (Wildman–Crippen LogP) is 1.44. The second-order valence-corrected chi connectivity index (χ2v) is 6.72. The average Bonchev–Trinajstić information content (AvgIpc) is 3.26. The molecule has 0 spiro atoms. The van der Waals surface area contributed by atoms with Crippen molar-refractivity contribution in [3.05, 3.63) is 36.4 Å². The van der Waals surface area contributed by atoms with Gasteiger partial charge in [-0.25, -0.2) is 0 Å². The van der Waals surface area contributed by atoms with Crippen molar-refractivity contribution in [1.82, 2.24) is 0 Å². The number of benzene rings is 2. The molecule has 1 atom stereocenters. The molecule has 0 saturated carbocycles. The topological polar surface area (TPSA) is 105 Å². The van der Waals surface area contributed by atoms with Gasteiger partial charge in [-0.1, -0.05) is 12.1 Å². The molecule has 0 bridgehead atoms. The van der Waals surface area contributed by atoms with Crippen LogP contribution in [0.5, 0.6) is 5.75 Å². The molecule has 8 heteroatoms. The minimum absolute atomic E-state index is 0.164. The zero-order valence-electron chi connectivity index (χ0n) is 12.1. The van der Waals surface area contributed by atoms with Gasteiger partial charge < -0.3 is 14.8 Å². The quantitative estimate of drug-likeness (QED) is 0.610. The predicted molar refractivity (Wildman–Crippen MR) is 84.2 cm³/mol. The van der Waals surface area contributed by atoms with Crippen molar-refractivity contribution < 1.29 is 27.2 Å². The van der Waals surface area contributed by atoms with Gasteiger partial charge in [0.2, 0.25) is 5.91 Å². The minimum atomic E-state index is -4.35. The molecule has 3 rings (SSSR count). The molecule has 1 fully saturated rings. The fourth-order valence-electron chi connectivity index (χ4n) is 2.11. The van der Waals surface area contributed by atoms with Crippen LogP contribution >= 0.6 is 0 Å². The maximum atomic E-state index is 11.5. The first-order chi connectivity index (χ1) is 10.9. The number of anilines is 1. The smallest absolute Gasteiger partial charge is 0.274 e. The van der Waals surface area contributed by atoms with E-state index >= 15 is 0 Å². The molecule has 0 radical (unpaired) electrons. The maximum Gasteiger partial charge on any atom is 0.274 e. The van der Waals surface area contributed by atoms with Gasteiger partial charge in [0.05, 0.1) is 6.61 Å². The van der Waals surface area contributed by atoms with Crippen LogP contribution in [0, 0.1) is 0 Å². The molecule has 122 valence electrons. The Morgan fingerprint density at radius 1 is 1.26 bits per heavy atom. The van der Waals surface area contributed by atoms with Gasteiger partial charge in [0.1, 0.15) is 18.5 Å². The molecule has 1 saturated heterocycles. The number of ether oxygens (including phenoxy) is 2. The lowest BCUT2D eigenvalue weighted by Gasteiger charge is -2.08. The van der Waals surface area contributed by atoms with Crippen LogP contribution < -0.4 is 10.1 Å². The van der Waals surface area contributed by atoms with Gasteiger partial charge in [-0.3, -0.25) is 9.35 Å². The summed E-state index contributed by atoms with van der Waals surface area (Å²) < 4.78 is 40.7. The van der Waals surface area contributed by atoms with Crippen LogP contribution in [0.1, 0.15) is 0 Å². The van der Waals surface area contributed by atoms with Crippen LogP contribution in [0.2, 0.25) is 0 Å². The number of fused-ring (bicyclic) bond motifs is 1. The third kappa shape index (κ3) is 4.65. The highest BCUT2D eigenvalue weighted by Gasteiger charge is 2.23.